The number of anilines is 1. The van der Waals surface area contributed by atoms with Crippen LogP contribution in [-0.2, 0) is 0 Å². The van der Waals surface area contributed by atoms with Crippen molar-refractivity contribution in [3.05, 3.63) is 30.1 Å². The Morgan fingerprint density at radius 3 is 2.53 bits per heavy atom. The van der Waals surface area contributed by atoms with Crippen molar-refractivity contribution in [1.82, 2.24) is 5.32 Å². The molecule has 1 aromatic rings. The Hall–Kier alpha value is -1.62. The average Bonchev–Trinajstić information content (AvgIpc) is 3.10. The number of hydrogen-bond donors (Lipinski definition) is 3. The van der Waals surface area contributed by atoms with Crippen molar-refractivity contribution in [1.29, 1.82) is 0 Å². The van der Waals surface area contributed by atoms with Gasteiger partial charge in [0, 0.05) is 17.6 Å². The first-order valence-electron chi connectivity index (χ1n) is 5.64. The van der Waals surface area contributed by atoms with Crippen molar-refractivity contribution >= 4 is 11.7 Å². The molecule has 0 heterocycles. The topological polar surface area (TPSA) is 67.1 Å². The number of carbonyl (C=O) groups is 1. The van der Waals surface area contributed by atoms with Crippen LogP contribution in [0.3, 0.4) is 0 Å². The lowest BCUT2D eigenvalue weighted by atomic mass is 10.1. The molecular formula is C12H16FN3O. The third-order valence-corrected chi connectivity index (χ3v) is 3.12. The Labute approximate surface area is 99.4 Å². The number of hydrogen-bond acceptors (Lipinski definition) is 2. The smallest absolute Gasteiger partial charge is 0.319 e. The summed E-state index contributed by atoms with van der Waals surface area (Å²) in [5.41, 5.74) is 6.29. The highest BCUT2D eigenvalue weighted by molar-refractivity contribution is 5.89. The van der Waals surface area contributed by atoms with Crippen LogP contribution in [0.15, 0.2) is 24.3 Å². The third kappa shape index (κ3) is 3.17. The van der Waals surface area contributed by atoms with Gasteiger partial charge in [0.05, 0.1) is 0 Å². The predicted octanol–water partition coefficient (Wildman–Crippen LogP) is 1.69. The zero-order valence-electron chi connectivity index (χ0n) is 9.50. The van der Waals surface area contributed by atoms with E-state index >= 15 is 0 Å². The third-order valence-electron chi connectivity index (χ3n) is 3.12. The number of carbonyl (C=O) groups excluding carboxylic acids is 1. The standard InChI is InChI=1S/C12H16FN3O/c13-9-1-3-10(4-2-9)16-11(17)15-8-12(7-14)5-6-12/h1-4H,5-8,14H2,(H2,15,16,17). The summed E-state index contributed by atoms with van der Waals surface area (Å²) in [5, 5.41) is 5.41. The summed E-state index contributed by atoms with van der Waals surface area (Å²) < 4.78 is 12.6. The summed E-state index contributed by atoms with van der Waals surface area (Å²) >= 11 is 0. The van der Waals surface area contributed by atoms with Crippen LogP contribution in [0.4, 0.5) is 14.9 Å². The lowest BCUT2D eigenvalue weighted by Gasteiger charge is -2.13. The van der Waals surface area contributed by atoms with Gasteiger partial charge in [-0.05, 0) is 43.7 Å². The summed E-state index contributed by atoms with van der Waals surface area (Å²) in [4.78, 5) is 11.5. The van der Waals surface area contributed by atoms with E-state index in [1.807, 2.05) is 0 Å². The average molecular weight is 237 g/mol. The Kier molecular flexibility index (Phi) is 3.28. The number of benzene rings is 1. The molecule has 0 radical (unpaired) electrons. The summed E-state index contributed by atoms with van der Waals surface area (Å²) in [6.45, 7) is 1.19. The number of urea groups is 1. The van der Waals surface area contributed by atoms with Crippen LogP contribution in [-0.4, -0.2) is 19.1 Å². The molecule has 1 fully saturated rings. The van der Waals surface area contributed by atoms with Gasteiger partial charge in [0.15, 0.2) is 0 Å². The highest BCUT2D eigenvalue weighted by atomic mass is 19.1. The van der Waals surface area contributed by atoms with E-state index in [0.717, 1.165) is 12.8 Å². The number of nitrogens with one attached hydrogen (secondary N) is 2. The highest BCUT2D eigenvalue weighted by Gasteiger charge is 2.41. The molecule has 1 saturated carbocycles. The molecule has 0 aromatic heterocycles. The van der Waals surface area contributed by atoms with Crippen LogP contribution in [0.1, 0.15) is 12.8 Å². The summed E-state index contributed by atoms with van der Waals surface area (Å²) in [6.07, 6.45) is 2.14. The van der Waals surface area contributed by atoms with Crippen LogP contribution in [0.25, 0.3) is 0 Å². The second-order valence-electron chi connectivity index (χ2n) is 4.52. The van der Waals surface area contributed by atoms with Crippen molar-refractivity contribution in [2.45, 2.75) is 12.8 Å². The lowest BCUT2D eigenvalue weighted by Crippen LogP contribution is -2.36. The maximum absolute atomic E-state index is 12.6. The first-order chi connectivity index (χ1) is 8.13. The molecular weight excluding hydrogens is 221 g/mol. The van der Waals surface area contributed by atoms with E-state index in [4.69, 9.17) is 5.73 Å². The van der Waals surface area contributed by atoms with E-state index in [0.29, 0.717) is 18.8 Å². The molecule has 5 heteroatoms. The number of amides is 2. The number of nitrogens with two attached hydrogens (primary N) is 1. The van der Waals surface area contributed by atoms with Crippen molar-refractivity contribution in [3.8, 4) is 0 Å². The van der Waals surface area contributed by atoms with E-state index in [1.165, 1.54) is 24.3 Å². The monoisotopic (exact) mass is 237 g/mol. The van der Waals surface area contributed by atoms with Crippen molar-refractivity contribution in [3.63, 3.8) is 0 Å². The van der Waals surface area contributed by atoms with Crippen molar-refractivity contribution in [2.75, 3.05) is 18.4 Å². The molecule has 1 aliphatic rings. The van der Waals surface area contributed by atoms with Gasteiger partial charge in [-0.15, -0.1) is 0 Å². The predicted molar refractivity (Wildman–Crippen MR) is 64.1 cm³/mol. The van der Waals surface area contributed by atoms with E-state index in [2.05, 4.69) is 10.6 Å². The quantitative estimate of drug-likeness (QED) is 0.746. The van der Waals surface area contributed by atoms with Gasteiger partial charge in [-0.25, -0.2) is 9.18 Å². The zero-order chi connectivity index (χ0) is 12.3. The molecule has 4 N–H and O–H groups in total. The fourth-order valence-electron chi connectivity index (χ4n) is 1.61. The minimum Gasteiger partial charge on any atom is -0.337 e. The molecule has 0 unspecified atom stereocenters. The summed E-state index contributed by atoms with van der Waals surface area (Å²) in [7, 11) is 0. The molecule has 0 spiro atoms. The summed E-state index contributed by atoms with van der Waals surface area (Å²) in [5.74, 6) is -0.323. The number of halogens is 1. The molecule has 2 amide bonds. The number of rotatable bonds is 4. The Bertz CT molecular complexity index is 401. The van der Waals surface area contributed by atoms with Crippen molar-refractivity contribution in [2.24, 2.45) is 11.1 Å². The molecule has 1 aliphatic carbocycles. The second-order valence-corrected chi connectivity index (χ2v) is 4.52. The van der Waals surface area contributed by atoms with Gasteiger partial charge in [0.25, 0.3) is 0 Å². The molecule has 4 nitrogen and oxygen atoms in total. The second kappa shape index (κ2) is 4.71. The van der Waals surface area contributed by atoms with Crippen LogP contribution in [0.5, 0.6) is 0 Å². The van der Waals surface area contributed by atoms with Crippen molar-refractivity contribution < 1.29 is 9.18 Å². The van der Waals surface area contributed by atoms with Gasteiger partial charge in [0.2, 0.25) is 0 Å². The molecule has 0 saturated heterocycles. The van der Waals surface area contributed by atoms with Gasteiger partial charge >= 0.3 is 6.03 Å². The van der Waals surface area contributed by atoms with Crippen LogP contribution < -0.4 is 16.4 Å². The van der Waals surface area contributed by atoms with E-state index in [-0.39, 0.29) is 17.3 Å². The maximum atomic E-state index is 12.6. The normalized spacial score (nSPS) is 16.4. The first kappa shape index (κ1) is 11.9. The first-order valence-corrected chi connectivity index (χ1v) is 5.64. The molecule has 0 bridgehead atoms. The molecule has 0 atom stereocenters. The molecule has 2 rings (SSSR count). The lowest BCUT2D eigenvalue weighted by molar-refractivity contribution is 0.249. The highest BCUT2D eigenvalue weighted by Crippen LogP contribution is 2.43. The molecule has 92 valence electrons. The maximum Gasteiger partial charge on any atom is 0.319 e. The van der Waals surface area contributed by atoms with Gasteiger partial charge in [-0.2, -0.15) is 0 Å². The van der Waals surface area contributed by atoms with Gasteiger partial charge < -0.3 is 16.4 Å². The van der Waals surface area contributed by atoms with Crippen LogP contribution >= 0.6 is 0 Å². The molecule has 1 aromatic carbocycles. The molecule has 0 aliphatic heterocycles. The van der Waals surface area contributed by atoms with Gasteiger partial charge in [-0.1, -0.05) is 0 Å². The fraction of sp³-hybridized carbons (Fsp3) is 0.417. The summed E-state index contributed by atoms with van der Waals surface area (Å²) in [6, 6.07) is 5.36. The minimum absolute atomic E-state index is 0.111. The largest absolute Gasteiger partial charge is 0.337 e. The van der Waals surface area contributed by atoms with Gasteiger partial charge in [-0.3, -0.25) is 0 Å². The van der Waals surface area contributed by atoms with E-state index in [1.54, 1.807) is 0 Å². The zero-order valence-corrected chi connectivity index (χ0v) is 9.50. The SMILES string of the molecule is NCC1(CNC(=O)Nc2ccc(F)cc2)CC1. The minimum atomic E-state index is -0.323. The molecule has 17 heavy (non-hydrogen) atoms. The fourth-order valence-corrected chi connectivity index (χ4v) is 1.61. The van der Waals surface area contributed by atoms with Crippen LogP contribution in [0.2, 0.25) is 0 Å². The Morgan fingerprint density at radius 1 is 1.35 bits per heavy atom. The Balaban J connectivity index is 1.79. The van der Waals surface area contributed by atoms with Crippen LogP contribution in [0, 0.1) is 11.2 Å². The Morgan fingerprint density at radius 2 is 2.00 bits per heavy atom. The van der Waals surface area contributed by atoms with Gasteiger partial charge in [0.1, 0.15) is 5.82 Å². The van der Waals surface area contributed by atoms with E-state index in [9.17, 15) is 9.18 Å². The van der Waals surface area contributed by atoms with E-state index < -0.39 is 0 Å².